The first-order valence-corrected chi connectivity index (χ1v) is 21.5. The fourth-order valence-corrected chi connectivity index (χ4v) is 8.90. The topological polar surface area (TPSA) is 132 Å². The first kappa shape index (κ1) is 44.8. The minimum absolute atomic E-state index is 0.0144. The number of benzene rings is 2. The zero-order chi connectivity index (χ0) is 43.4. The summed E-state index contributed by atoms with van der Waals surface area (Å²) >= 11 is 0. The summed E-state index contributed by atoms with van der Waals surface area (Å²) in [7, 11) is 1.68. The van der Waals surface area contributed by atoms with Gasteiger partial charge in [-0.05, 0) is 75.5 Å². The zero-order valence-corrected chi connectivity index (χ0v) is 35.5. The van der Waals surface area contributed by atoms with Crippen LogP contribution in [0, 0.1) is 23.5 Å². The lowest BCUT2D eigenvalue weighted by Gasteiger charge is -2.30. The minimum Gasteiger partial charge on any atom is -0.352 e. The average molecular weight is 838 g/mol. The van der Waals surface area contributed by atoms with Gasteiger partial charge in [-0.2, -0.15) is 0 Å². The van der Waals surface area contributed by atoms with E-state index in [1.165, 1.54) is 29.2 Å². The Morgan fingerprint density at radius 3 is 2.20 bits per heavy atom. The van der Waals surface area contributed by atoms with Gasteiger partial charge in [0.1, 0.15) is 35.8 Å². The molecule has 0 saturated carbocycles. The Bertz CT molecular complexity index is 2040. The van der Waals surface area contributed by atoms with Crippen LogP contribution >= 0.6 is 0 Å². The zero-order valence-electron chi connectivity index (χ0n) is 35.5. The Balaban J connectivity index is 1.40. The molecule has 2 saturated heterocycles. The first-order valence-electron chi connectivity index (χ1n) is 21.5. The van der Waals surface area contributed by atoms with Crippen LogP contribution in [0.4, 0.5) is 17.6 Å². The molecule has 15 heteroatoms. The van der Waals surface area contributed by atoms with Crippen molar-refractivity contribution in [2.45, 2.75) is 135 Å². The molecule has 2 aromatic heterocycles. The van der Waals surface area contributed by atoms with Crippen LogP contribution < -0.4 is 10.6 Å². The van der Waals surface area contributed by atoms with Gasteiger partial charge in [-0.15, -0.1) is 0 Å². The van der Waals surface area contributed by atoms with Gasteiger partial charge < -0.3 is 30.0 Å². The molecule has 8 unspecified atom stereocenters. The summed E-state index contributed by atoms with van der Waals surface area (Å²) in [6.07, 6.45) is 0.296. The Labute approximate surface area is 349 Å². The highest BCUT2D eigenvalue weighted by atomic mass is 19.1. The third kappa shape index (κ3) is 9.55. The molecule has 0 radical (unpaired) electrons. The van der Waals surface area contributed by atoms with Gasteiger partial charge >= 0.3 is 0 Å². The van der Waals surface area contributed by atoms with Gasteiger partial charge in [0, 0.05) is 60.7 Å². The number of hydrogen-bond donors (Lipinski definition) is 3. The van der Waals surface area contributed by atoms with Crippen LogP contribution in [0.5, 0.6) is 0 Å². The Morgan fingerprint density at radius 1 is 0.883 bits per heavy atom. The van der Waals surface area contributed by atoms with Crippen LogP contribution in [0.2, 0.25) is 0 Å². The van der Waals surface area contributed by atoms with Crippen molar-refractivity contribution in [1.82, 2.24) is 35.0 Å². The number of imidazole rings is 1. The summed E-state index contributed by atoms with van der Waals surface area (Å²) in [6, 6.07) is 5.85. The fraction of sp³-hybridized carbons (Fsp3) is 0.578. The molecule has 2 aliphatic rings. The Kier molecular flexibility index (Phi) is 14.4. The lowest BCUT2D eigenvalue weighted by molar-refractivity contribution is -0.139. The van der Waals surface area contributed by atoms with Crippen molar-refractivity contribution in [3.63, 3.8) is 0 Å². The first-order chi connectivity index (χ1) is 28.7. The average Bonchev–Trinajstić information content (AvgIpc) is 3.98. The molecule has 0 spiro atoms. The number of likely N-dealkylation sites (N-methyl/N-ethyl adjacent to an activating group) is 1. The number of halogens is 4. The second kappa shape index (κ2) is 19.3. The third-order valence-corrected chi connectivity index (χ3v) is 12.5. The molecule has 8 atom stereocenters. The highest BCUT2D eigenvalue weighted by Crippen LogP contribution is 2.38. The number of aromatic amines is 1. The summed E-state index contributed by atoms with van der Waals surface area (Å²) in [4.78, 5) is 65.6. The van der Waals surface area contributed by atoms with Gasteiger partial charge in [0.2, 0.25) is 17.7 Å². The molecule has 0 bridgehead atoms. The quantitative estimate of drug-likeness (QED) is 0.0910. The van der Waals surface area contributed by atoms with E-state index in [4.69, 9.17) is 4.98 Å². The molecular formula is C45H59F4N7O4. The molecular weight excluding hydrogens is 779 g/mol. The van der Waals surface area contributed by atoms with Crippen molar-refractivity contribution in [3.05, 3.63) is 53.6 Å². The number of aromatic nitrogens is 3. The molecule has 3 N–H and O–H groups in total. The SMILES string of the molecule is CCCC(CC(=O)C(C)NC)C(=O)N1CC(F)CC1Cc1c(-c2nc3cc(F)ccc3n2CC2CC(F)CN2C(=O)C(CCC)NC(=O)C(C)CC)[nH]c2cc(F)ccc12. The van der Waals surface area contributed by atoms with E-state index in [0.717, 1.165) is 0 Å². The number of Topliss-reactive ketones (excluding diaryl/α,β-unsaturated/α-hetero) is 1. The normalized spacial score (nSPS) is 21.4. The molecule has 2 aromatic carbocycles. The van der Waals surface area contributed by atoms with Crippen molar-refractivity contribution in [2.75, 3.05) is 20.1 Å². The molecule has 4 aromatic rings. The van der Waals surface area contributed by atoms with Gasteiger partial charge in [-0.3, -0.25) is 19.2 Å². The second-order valence-corrected chi connectivity index (χ2v) is 16.8. The maximum Gasteiger partial charge on any atom is 0.245 e. The van der Waals surface area contributed by atoms with E-state index in [0.29, 0.717) is 71.1 Å². The maximum absolute atomic E-state index is 15.5. The number of likely N-dealkylation sites (tertiary alicyclic amines) is 2. The van der Waals surface area contributed by atoms with Crippen LogP contribution in [0.25, 0.3) is 33.5 Å². The number of amides is 3. The Hall–Kier alpha value is -4.79. The number of carbonyl (C=O) groups is 4. The molecule has 0 aliphatic carbocycles. The molecule has 326 valence electrons. The monoisotopic (exact) mass is 837 g/mol. The summed E-state index contributed by atoms with van der Waals surface area (Å²) in [6.45, 7) is 9.03. The van der Waals surface area contributed by atoms with E-state index in [-0.39, 0.29) is 74.7 Å². The molecule has 4 heterocycles. The number of nitrogens with zero attached hydrogens (tertiary/aromatic N) is 4. The number of ketones is 1. The van der Waals surface area contributed by atoms with Crippen molar-refractivity contribution >= 4 is 45.4 Å². The molecule has 11 nitrogen and oxygen atoms in total. The largest absolute Gasteiger partial charge is 0.352 e. The number of alkyl halides is 2. The third-order valence-electron chi connectivity index (χ3n) is 12.5. The smallest absolute Gasteiger partial charge is 0.245 e. The van der Waals surface area contributed by atoms with Crippen molar-refractivity contribution < 1.29 is 36.7 Å². The molecule has 3 amide bonds. The van der Waals surface area contributed by atoms with Crippen molar-refractivity contribution in [1.29, 1.82) is 0 Å². The van der Waals surface area contributed by atoms with E-state index >= 15 is 8.78 Å². The summed E-state index contributed by atoms with van der Waals surface area (Å²) in [5.41, 5.74) is 2.29. The lowest BCUT2D eigenvalue weighted by Crippen LogP contribution is -2.51. The predicted octanol–water partition coefficient (Wildman–Crippen LogP) is 7.20. The lowest BCUT2D eigenvalue weighted by atomic mass is 9.92. The van der Waals surface area contributed by atoms with Gasteiger partial charge in [-0.25, -0.2) is 22.5 Å². The summed E-state index contributed by atoms with van der Waals surface area (Å²) in [5, 5.41) is 6.45. The predicted molar refractivity (Wildman–Crippen MR) is 224 cm³/mol. The van der Waals surface area contributed by atoms with E-state index in [9.17, 15) is 28.0 Å². The number of fused-ring (bicyclic) bond motifs is 2. The van der Waals surface area contributed by atoms with Gasteiger partial charge in [0.05, 0.1) is 41.9 Å². The van der Waals surface area contributed by atoms with Crippen LogP contribution in [-0.2, 0) is 32.1 Å². The highest BCUT2D eigenvalue weighted by Gasteiger charge is 2.42. The maximum atomic E-state index is 15.5. The number of H-pyrrole nitrogens is 1. The summed E-state index contributed by atoms with van der Waals surface area (Å²) < 4.78 is 62.3. The van der Waals surface area contributed by atoms with Crippen LogP contribution in [0.3, 0.4) is 0 Å². The highest BCUT2D eigenvalue weighted by molar-refractivity contribution is 5.93. The van der Waals surface area contributed by atoms with Crippen LogP contribution in [0.1, 0.15) is 91.5 Å². The van der Waals surface area contributed by atoms with E-state index < -0.39 is 54.1 Å². The molecule has 2 fully saturated rings. The number of carbonyl (C=O) groups excluding carboxylic acids is 4. The molecule has 2 aliphatic heterocycles. The van der Waals surface area contributed by atoms with E-state index in [2.05, 4.69) is 15.6 Å². The van der Waals surface area contributed by atoms with E-state index in [1.54, 1.807) is 42.5 Å². The van der Waals surface area contributed by atoms with Gasteiger partial charge in [0.15, 0.2) is 5.82 Å². The Morgan fingerprint density at radius 2 is 1.53 bits per heavy atom. The molecule has 6 rings (SSSR count). The van der Waals surface area contributed by atoms with Gasteiger partial charge in [-0.1, -0.05) is 40.5 Å². The summed E-state index contributed by atoms with van der Waals surface area (Å²) in [5.74, 6) is -2.67. The van der Waals surface area contributed by atoms with Gasteiger partial charge in [0.25, 0.3) is 0 Å². The van der Waals surface area contributed by atoms with Crippen LogP contribution in [0.15, 0.2) is 36.4 Å². The standard InChI is InChI=1S/C45H59F4N7O4/c1-7-10-27(16-40(57)26(5)50-6)44(59)54-22-30(48)17-32(54)21-35-34-14-12-28(46)19-37(34)51-41(35)42-52-38-20-29(47)13-15-39(38)56(42)24-33-18-31(49)23-55(33)45(60)36(11-8-2)53-43(58)25(4)9-3/h12-15,19-20,25-27,30-33,36,50-51H,7-11,16-18,21-24H2,1-6H3,(H,53,58). The molecule has 60 heavy (non-hydrogen) atoms. The van der Waals surface area contributed by atoms with E-state index in [1.807, 2.05) is 20.8 Å². The fourth-order valence-electron chi connectivity index (χ4n) is 8.90. The number of hydrogen-bond acceptors (Lipinski definition) is 6. The van der Waals surface area contributed by atoms with Crippen molar-refractivity contribution in [2.24, 2.45) is 11.8 Å². The number of rotatable bonds is 18. The second-order valence-electron chi connectivity index (χ2n) is 16.8. The minimum atomic E-state index is -1.33. The number of nitrogens with one attached hydrogen (secondary N) is 3. The van der Waals surface area contributed by atoms with Crippen molar-refractivity contribution in [3.8, 4) is 11.5 Å². The van der Waals surface area contributed by atoms with Crippen LogP contribution in [-0.4, -0.2) is 104 Å².